The van der Waals surface area contributed by atoms with Crippen LogP contribution in [0.25, 0.3) is 0 Å². The first kappa shape index (κ1) is 18.6. The Balaban J connectivity index is 2.62. The molecule has 0 radical (unpaired) electrons. The van der Waals surface area contributed by atoms with Crippen molar-refractivity contribution in [2.45, 2.75) is 47.1 Å². The summed E-state index contributed by atoms with van der Waals surface area (Å²) in [6, 6.07) is 5.31. The Morgan fingerprint density at radius 2 is 2.00 bits per heavy atom. The number of aryl methyl sites for hydroxylation is 1. The minimum Gasteiger partial charge on any atom is -0.332 e. The largest absolute Gasteiger partial charge is 0.341 e. The highest BCUT2D eigenvalue weighted by atomic mass is 16.2. The smallest absolute Gasteiger partial charge is 0.332 e. The molecule has 0 atom stereocenters. The van der Waals surface area contributed by atoms with E-state index in [4.69, 9.17) is 0 Å². The van der Waals surface area contributed by atoms with E-state index in [0.717, 1.165) is 29.7 Å². The lowest BCUT2D eigenvalue weighted by molar-refractivity contribution is -0.114. The molecule has 0 bridgehead atoms. The number of nitrogens with one attached hydrogen (secondary N) is 2. The van der Waals surface area contributed by atoms with Gasteiger partial charge in [-0.15, -0.1) is 0 Å². The molecular weight excluding hydrogens is 290 g/mol. The number of hydrogen-bond acceptors (Lipinski definition) is 2. The predicted octanol–water partition coefficient (Wildman–Crippen LogP) is 3.98. The molecule has 1 aromatic rings. The van der Waals surface area contributed by atoms with Gasteiger partial charge >= 0.3 is 6.03 Å². The van der Waals surface area contributed by atoms with E-state index in [-0.39, 0.29) is 11.9 Å². The number of nitrogens with zero attached hydrogens (tertiary/aromatic N) is 1. The van der Waals surface area contributed by atoms with Crippen molar-refractivity contribution in [3.8, 4) is 0 Å². The van der Waals surface area contributed by atoms with Crippen molar-refractivity contribution in [1.82, 2.24) is 5.32 Å². The first-order chi connectivity index (χ1) is 10.9. The van der Waals surface area contributed by atoms with Gasteiger partial charge in [-0.05, 0) is 43.5 Å². The van der Waals surface area contributed by atoms with Crippen molar-refractivity contribution < 1.29 is 9.59 Å². The number of rotatable bonds is 6. The lowest BCUT2D eigenvalue weighted by Crippen LogP contribution is -2.20. The predicted molar refractivity (Wildman–Crippen MR) is 94.9 cm³/mol. The lowest BCUT2D eigenvalue weighted by atomic mass is 10.1. The van der Waals surface area contributed by atoms with Gasteiger partial charge in [0.2, 0.25) is 5.91 Å². The number of urea groups is 1. The zero-order valence-electron chi connectivity index (χ0n) is 14.3. The molecule has 0 saturated heterocycles. The fourth-order valence-electron chi connectivity index (χ4n) is 1.94. The highest BCUT2D eigenvalue weighted by Gasteiger charge is 2.04. The number of benzene rings is 1. The maximum absolute atomic E-state index is 11.8. The van der Waals surface area contributed by atoms with E-state index >= 15 is 0 Å². The Morgan fingerprint density at radius 3 is 2.65 bits per heavy atom. The van der Waals surface area contributed by atoms with Crippen molar-refractivity contribution in [3.63, 3.8) is 0 Å². The molecule has 124 valence electrons. The van der Waals surface area contributed by atoms with E-state index in [9.17, 15) is 9.59 Å². The average molecular weight is 315 g/mol. The van der Waals surface area contributed by atoms with E-state index in [0.29, 0.717) is 12.3 Å². The summed E-state index contributed by atoms with van der Waals surface area (Å²) in [5.74, 6) is -0.117. The number of hydrogen-bond donors (Lipinski definition) is 2. The Bertz CT molecular complexity index is 619. The van der Waals surface area contributed by atoms with Crippen molar-refractivity contribution >= 4 is 23.3 Å². The molecule has 3 amide bonds. The van der Waals surface area contributed by atoms with Gasteiger partial charge in [-0.1, -0.05) is 31.6 Å². The molecule has 1 rings (SSSR count). The first-order valence-corrected chi connectivity index (χ1v) is 7.79. The van der Waals surface area contributed by atoms with Gasteiger partial charge in [-0.3, -0.25) is 4.79 Å². The summed E-state index contributed by atoms with van der Waals surface area (Å²) < 4.78 is 0. The number of anilines is 1. The summed E-state index contributed by atoms with van der Waals surface area (Å²) >= 11 is 0. The van der Waals surface area contributed by atoms with Crippen molar-refractivity contribution in [2.24, 2.45) is 4.99 Å². The summed E-state index contributed by atoms with van der Waals surface area (Å²) in [4.78, 5) is 26.9. The van der Waals surface area contributed by atoms with Crippen molar-refractivity contribution in [3.05, 3.63) is 41.5 Å². The molecule has 0 heterocycles. The molecule has 23 heavy (non-hydrogen) atoms. The standard InChI is InChI=1S/C18H25N3O2/c1-5-6-7-8-14(3)20-18(23)19-12-16-10-9-13(2)17(11-16)21-15(4)22/h7-11H,5-6,12H2,1-4H3,(H,19,23)(H,21,22)/b8-7-,20-14?. The van der Waals surface area contributed by atoms with Gasteiger partial charge in [-0.25, -0.2) is 4.79 Å². The summed E-state index contributed by atoms with van der Waals surface area (Å²) in [5.41, 5.74) is 3.32. The van der Waals surface area contributed by atoms with Crippen LogP contribution in [0, 0.1) is 6.92 Å². The lowest BCUT2D eigenvalue weighted by Gasteiger charge is -2.09. The van der Waals surface area contributed by atoms with Crippen LogP contribution in [0.4, 0.5) is 10.5 Å². The van der Waals surface area contributed by atoms with Crippen LogP contribution in [0.3, 0.4) is 0 Å². The van der Waals surface area contributed by atoms with E-state index in [2.05, 4.69) is 22.5 Å². The third kappa shape index (κ3) is 7.40. The number of carbonyl (C=O) groups excluding carboxylic acids is 2. The Labute approximate surface area is 137 Å². The number of carbonyl (C=O) groups is 2. The second kappa shape index (κ2) is 9.56. The van der Waals surface area contributed by atoms with Gasteiger partial charge in [0.25, 0.3) is 0 Å². The third-order valence-corrected chi connectivity index (χ3v) is 3.15. The summed E-state index contributed by atoms with van der Waals surface area (Å²) in [5, 5.41) is 5.52. The van der Waals surface area contributed by atoms with E-state index < -0.39 is 0 Å². The van der Waals surface area contributed by atoms with Crippen LogP contribution in [0.2, 0.25) is 0 Å². The Morgan fingerprint density at radius 1 is 1.26 bits per heavy atom. The normalized spacial score (nSPS) is 11.6. The van der Waals surface area contributed by atoms with E-state index in [1.54, 1.807) is 6.92 Å². The minimum atomic E-state index is -0.370. The molecule has 0 saturated carbocycles. The van der Waals surface area contributed by atoms with Crippen LogP contribution in [0.1, 0.15) is 44.7 Å². The molecular formula is C18H25N3O2. The van der Waals surface area contributed by atoms with Gasteiger partial charge in [0.1, 0.15) is 0 Å². The molecule has 0 aliphatic carbocycles. The zero-order chi connectivity index (χ0) is 17.2. The second-order valence-corrected chi connectivity index (χ2v) is 5.43. The third-order valence-electron chi connectivity index (χ3n) is 3.15. The molecule has 0 aliphatic rings. The summed E-state index contributed by atoms with van der Waals surface area (Å²) in [6.07, 6.45) is 5.90. The fraction of sp³-hybridized carbons (Fsp3) is 0.389. The highest BCUT2D eigenvalue weighted by Crippen LogP contribution is 2.16. The average Bonchev–Trinajstić information content (AvgIpc) is 2.48. The van der Waals surface area contributed by atoms with Crippen LogP contribution in [-0.2, 0) is 11.3 Å². The van der Waals surface area contributed by atoms with Gasteiger partial charge in [0.05, 0.1) is 0 Å². The molecule has 2 N–H and O–H groups in total. The van der Waals surface area contributed by atoms with Gasteiger partial charge in [0, 0.05) is 24.9 Å². The molecule has 0 spiro atoms. The number of unbranched alkanes of at least 4 members (excludes halogenated alkanes) is 1. The van der Waals surface area contributed by atoms with Crippen LogP contribution in [0.5, 0.6) is 0 Å². The summed E-state index contributed by atoms with van der Waals surface area (Å²) in [7, 11) is 0. The van der Waals surface area contributed by atoms with Gasteiger partial charge < -0.3 is 10.6 Å². The minimum absolute atomic E-state index is 0.117. The van der Waals surface area contributed by atoms with Crippen molar-refractivity contribution in [1.29, 1.82) is 0 Å². The van der Waals surface area contributed by atoms with E-state index in [1.165, 1.54) is 6.92 Å². The van der Waals surface area contributed by atoms with Crippen LogP contribution < -0.4 is 10.6 Å². The first-order valence-electron chi connectivity index (χ1n) is 7.79. The molecule has 5 nitrogen and oxygen atoms in total. The maximum atomic E-state index is 11.8. The van der Waals surface area contributed by atoms with E-state index in [1.807, 2.05) is 37.3 Å². The van der Waals surface area contributed by atoms with Crippen LogP contribution in [0.15, 0.2) is 35.3 Å². The van der Waals surface area contributed by atoms with Crippen LogP contribution in [-0.4, -0.2) is 17.6 Å². The molecule has 0 aliphatic heterocycles. The fourth-order valence-corrected chi connectivity index (χ4v) is 1.94. The topological polar surface area (TPSA) is 70.6 Å². The van der Waals surface area contributed by atoms with Gasteiger partial charge in [-0.2, -0.15) is 4.99 Å². The molecule has 1 aromatic carbocycles. The number of aliphatic imine (C=N–C) groups is 1. The van der Waals surface area contributed by atoms with Crippen molar-refractivity contribution in [2.75, 3.05) is 5.32 Å². The monoisotopic (exact) mass is 315 g/mol. The number of amides is 3. The van der Waals surface area contributed by atoms with Crippen LogP contribution >= 0.6 is 0 Å². The maximum Gasteiger partial charge on any atom is 0.341 e. The molecule has 0 aromatic heterocycles. The van der Waals surface area contributed by atoms with Gasteiger partial charge in [0.15, 0.2) is 0 Å². The molecule has 0 fully saturated rings. The SMILES string of the molecule is CCC/C=C\C(C)=NC(=O)NCc1ccc(C)c(NC(C)=O)c1. The Kier molecular flexibility index (Phi) is 7.74. The zero-order valence-corrected chi connectivity index (χ0v) is 14.3. The molecule has 0 unspecified atom stereocenters. The second-order valence-electron chi connectivity index (χ2n) is 5.43. The number of allylic oxidation sites excluding steroid dienone is 2. The summed E-state index contributed by atoms with van der Waals surface area (Å²) in [6.45, 7) is 7.65. The Hall–Kier alpha value is -2.43. The highest BCUT2D eigenvalue weighted by molar-refractivity contribution is 6.00. The molecule has 5 heteroatoms. The quantitative estimate of drug-likeness (QED) is 0.779.